The summed E-state index contributed by atoms with van der Waals surface area (Å²) in [6, 6.07) is -7.52. The molecule has 9 heterocycles. The van der Waals surface area contributed by atoms with Crippen molar-refractivity contribution in [2.24, 2.45) is 0 Å². The minimum absolute atomic E-state index is 0.824. The Hall–Kier alpha value is -3.76. The minimum atomic E-state index is -2.57. The quantitative estimate of drug-likeness (QED) is 0.0346. The SMILES string of the molecule is CC(=O)N[C@H]1[C@H](O[C@H]2[C@H](O)[C@@H](NC(C)=O)C(O)O[C@@H]2CO[C@@H]2O[C@@H](C)[C@@H](O)[C@@H](O)[C@@H]2O)O[C@H](CO)[C@@H](O[C@@H]2O[C@H](CO[C@H]3O[C@H](CO)[C@@H](O)[C@H](O)[C@@H]3O)[C@@H](O)[C@H](O[C@H]3O[C@H](CO)[C@@H](O[C@@H]4O[C@H](CO)[C@@H](O[C@@H]5O[C@H](CO)[C@H](O)[C@H](O)[C@H]5O)[C@H](O)[C@H]4NC(C)=O)[C@H](O)[C@@H]3O[C@@H]3O[C@H](CO)[C@@H](O)[C@H](O)[C@H]3NC(C)=O)[C@@H]2O)[C@@H]1O. The lowest BCUT2D eigenvalue weighted by atomic mass is 9.93. The van der Waals surface area contributed by atoms with Crippen molar-refractivity contribution in [2.75, 3.05) is 52.9 Å². The zero-order valence-corrected chi connectivity index (χ0v) is 59.9. The number of amides is 4. The van der Waals surface area contributed by atoms with Gasteiger partial charge in [0, 0.05) is 27.7 Å². The Balaban J connectivity index is 1.06. The van der Waals surface area contributed by atoms with Gasteiger partial charge in [0.1, 0.15) is 213 Å². The Morgan fingerprint density at radius 1 is 0.252 bits per heavy atom. The van der Waals surface area contributed by atoms with Crippen molar-refractivity contribution in [3.63, 3.8) is 0 Å². The molecule has 49 nitrogen and oxygen atoms in total. The van der Waals surface area contributed by atoms with E-state index in [0.29, 0.717) is 0 Å². The zero-order chi connectivity index (χ0) is 81.8. The summed E-state index contributed by atoms with van der Waals surface area (Å²) in [4.78, 5) is 51.3. The Morgan fingerprint density at radius 2 is 0.550 bits per heavy atom. The highest BCUT2D eigenvalue weighted by Gasteiger charge is 2.61. The molecule has 0 radical (unpaired) electrons. The third-order valence-corrected chi connectivity index (χ3v) is 20.3. The standard InChI is InChI=1S/C62H104N4O45/c1-14-31(77)40(86)43(89)58(97-14)96-13-26-51(37(83)27(54(94)98-26)63-15(2)73)107-57-30(66-18(5)76)39(85)49(23(10-71)103-57)109-61-47(93)52(35(81)25(105-61)12-95-59-44(90)41(87)33(79)20(7-68)100-59)110-62-53(111-55-28(64-16(3)74)36(82)32(78)19(6-67)99-55)46(92)50(24(11-72)104-62)106-56-29(65-17(4)75)38(84)48(22(9-70)102-56)108-60-45(91)42(88)34(80)21(8-69)101-60/h14,19-62,67-72,77-94H,6-13H2,1-5H3,(H,63,73)(H,64,74)(H,65,75)(H,66,76)/t14-,19+,20+,21+,22+,23+,24+,25+,26+,27+,28+,29+,30+,31+,32+,33+,34-,35+,36+,37+,38+,39+,40+,41-,42-,43-,44-,45+,46-,47-,48+,49+,50+,51+,52-,53-,54?,55-,56-,57-,58+,59-,60-,61-,62+/m0/s1. The lowest BCUT2D eigenvalue weighted by Gasteiger charge is -2.52. The van der Waals surface area contributed by atoms with Gasteiger partial charge >= 0.3 is 0 Å². The molecule has 9 aliphatic heterocycles. The molecular formula is C62H104N4O45. The number of carbonyl (C=O) groups excluding carboxylic acids is 4. The number of aliphatic hydroxyl groups excluding tert-OH is 24. The van der Waals surface area contributed by atoms with Crippen molar-refractivity contribution in [1.82, 2.24) is 21.3 Å². The van der Waals surface area contributed by atoms with Gasteiger partial charge < -0.3 is 224 Å². The molecule has 45 atom stereocenters. The zero-order valence-electron chi connectivity index (χ0n) is 59.9. The predicted octanol–water partition coefficient (Wildman–Crippen LogP) is -19.0. The monoisotopic (exact) mass is 1620 g/mol. The van der Waals surface area contributed by atoms with Gasteiger partial charge in [0.25, 0.3) is 0 Å². The van der Waals surface area contributed by atoms with E-state index in [1.165, 1.54) is 6.92 Å². The molecule has 9 saturated heterocycles. The van der Waals surface area contributed by atoms with Crippen LogP contribution in [-0.4, -0.2) is 475 Å². The lowest BCUT2D eigenvalue weighted by molar-refractivity contribution is -0.403. The van der Waals surface area contributed by atoms with Gasteiger partial charge in [-0.3, -0.25) is 19.2 Å². The van der Waals surface area contributed by atoms with E-state index in [0.717, 1.165) is 27.7 Å². The topological polar surface area (TPSA) is 759 Å². The highest BCUT2D eigenvalue weighted by molar-refractivity contribution is 5.74. The van der Waals surface area contributed by atoms with Gasteiger partial charge in [0.15, 0.2) is 56.6 Å². The van der Waals surface area contributed by atoms with E-state index in [1.807, 2.05) is 0 Å². The lowest BCUT2D eigenvalue weighted by Crippen LogP contribution is -2.71. The molecule has 9 fully saturated rings. The molecule has 0 aromatic rings. The van der Waals surface area contributed by atoms with Crippen LogP contribution in [0.3, 0.4) is 0 Å². The fourth-order valence-corrected chi connectivity index (χ4v) is 14.3. The molecule has 0 aliphatic carbocycles. The number of carbonyl (C=O) groups is 4. The largest absolute Gasteiger partial charge is 0.394 e. The number of ether oxygens (including phenoxy) is 17. The van der Waals surface area contributed by atoms with Crippen LogP contribution in [0, 0.1) is 0 Å². The third-order valence-electron chi connectivity index (χ3n) is 20.3. The Bertz CT molecular complexity index is 2950. The summed E-state index contributed by atoms with van der Waals surface area (Å²) < 4.78 is 101. The van der Waals surface area contributed by atoms with Gasteiger partial charge in [0.2, 0.25) is 23.6 Å². The van der Waals surface area contributed by atoms with E-state index in [9.17, 15) is 142 Å². The summed E-state index contributed by atoms with van der Waals surface area (Å²) >= 11 is 0. The van der Waals surface area contributed by atoms with Gasteiger partial charge in [0.05, 0.1) is 59.0 Å². The first-order valence-corrected chi connectivity index (χ1v) is 35.5. The molecule has 0 aromatic heterocycles. The van der Waals surface area contributed by atoms with Crippen molar-refractivity contribution in [3.05, 3.63) is 0 Å². The molecule has 1 unspecified atom stereocenters. The van der Waals surface area contributed by atoms with E-state index in [2.05, 4.69) is 21.3 Å². The average Bonchev–Trinajstić information content (AvgIpc) is 0.761. The second-order valence-corrected chi connectivity index (χ2v) is 28.2. The molecule has 49 heteroatoms. The van der Waals surface area contributed by atoms with Crippen LogP contribution in [0.5, 0.6) is 0 Å². The summed E-state index contributed by atoms with van der Waals surface area (Å²) in [5.74, 6) is -3.65. The van der Waals surface area contributed by atoms with Crippen LogP contribution >= 0.6 is 0 Å². The molecule has 4 amide bonds. The van der Waals surface area contributed by atoms with E-state index in [4.69, 9.17) is 80.5 Å². The average molecular weight is 1630 g/mol. The molecule has 0 spiro atoms. The predicted molar refractivity (Wildman–Crippen MR) is 342 cm³/mol. The normalized spacial score (nSPS) is 49.3. The van der Waals surface area contributed by atoms with E-state index in [1.54, 1.807) is 0 Å². The Morgan fingerprint density at radius 3 is 1.00 bits per heavy atom. The second-order valence-electron chi connectivity index (χ2n) is 28.2. The van der Waals surface area contributed by atoms with Crippen molar-refractivity contribution in [1.29, 1.82) is 0 Å². The van der Waals surface area contributed by atoms with Crippen molar-refractivity contribution < 1.29 is 222 Å². The van der Waals surface area contributed by atoms with Crippen LogP contribution in [0.4, 0.5) is 0 Å². The number of hydrogen-bond acceptors (Lipinski definition) is 45. The van der Waals surface area contributed by atoms with Crippen LogP contribution in [0.1, 0.15) is 34.6 Å². The third kappa shape index (κ3) is 20.3. The van der Waals surface area contributed by atoms with E-state index in [-0.39, 0.29) is 0 Å². The first kappa shape index (κ1) is 91.1. The van der Waals surface area contributed by atoms with Gasteiger partial charge in [-0.05, 0) is 6.92 Å². The van der Waals surface area contributed by atoms with Gasteiger partial charge in [-0.15, -0.1) is 0 Å². The molecular weight excluding hydrogens is 1520 g/mol. The van der Waals surface area contributed by atoms with Crippen LogP contribution in [-0.2, 0) is 99.7 Å². The molecule has 9 rings (SSSR count). The molecule has 642 valence electrons. The maximum atomic E-state index is 13.1. The number of hydrogen-bond donors (Lipinski definition) is 28. The number of rotatable bonds is 28. The molecule has 111 heavy (non-hydrogen) atoms. The first-order valence-electron chi connectivity index (χ1n) is 35.5. The van der Waals surface area contributed by atoms with Gasteiger partial charge in [-0.25, -0.2) is 0 Å². The molecule has 0 saturated carbocycles. The first-order chi connectivity index (χ1) is 52.4. The molecule has 0 aromatic carbocycles. The summed E-state index contributed by atoms with van der Waals surface area (Å²) in [5.41, 5.74) is 0. The van der Waals surface area contributed by atoms with Gasteiger partial charge in [-0.1, -0.05) is 0 Å². The number of aliphatic hydroxyl groups is 24. The summed E-state index contributed by atoms with van der Waals surface area (Å²) in [6.45, 7) is -3.40. The Labute approximate surface area is 629 Å². The highest BCUT2D eigenvalue weighted by Crippen LogP contribution is 2.40. The molecule has 28 N–H and O–H groups in total. The Kier molecular flexibility index (Phi) is 32.6. The fourth-order valence-electron chi connectivity index (χ4n) is 14.3. The molecule has 0 bridgehead atoms. The van der Waals surface area contributed by atoms with E-state index >= 15 is 0 Å². The van der Waals surface area contributed by atoms with Crippen molar-refractivity contribution in [2.45, 2.75) is 311 Å². The van der Waals surface area contributed by atoms with E-state index < -0.39 is 353 Å². The van der Waals surface area contributed by atoms with Crippen molar-refractivity contribution in [3.8, 4) is 0 Å². The van der Waals surface area contributed by atoms with Crippen LogP contribution < -0.4 is 21.3 Å². The van der Waals surface area contributed by atoms with Crippen LogP contribution in [0.25, 0.3) is 0 Å². The number of nitrogens with one attached hydrogen (secondary N) is 4. The maximum absolute atomic E-state index is 13.1. The summed E-state index contributed by atoms with van der Waals surface area (Å²) in [7, 11) is 0. The molecule has 9 aliphatic rings. The van der Waals surface area contributed by atoms with Gasteiger partial charge in [-0.2, -0.15) is 0 Å². The minimum Gasteiger partial charge on any atom is -0.394 e. The smallest absolute Gasteiger partial charge is 0.217 e. The van der Waals surface area contributed by atoms with Crippen LogP contribution in [0.15, 0.2) is 0 Å². The fraction of sp³-hybridized carbons (Fsp3) is 0.935. The highest BCUT2D eigenvalue weighted by atomic mass is 16.8. The summed E-state index contributed by atoms with van der Waals surface area (Å²) in [6.07, 6.45) is -83.5. The second kappa shape index (κ2) is 39.7. The maximum Gasteiger partial charge on any atom is 0.217 e. The van der Waals surface area contributed by atoms with Crippen molar-refractivity contribution >= 4 is 23.6 Å². The van der Waals surface area contributed by atoms with Crippen LogP contribution in [0.2, 0.25) is 0 Å². The summed E-state index contributed by atoms with van der Waals surface area (Å²) in [5, 5.41) is 276.